The van der Waals surface area contributed by atoms with Gasteiger partial charge in [-0.25, -0.2) is 4.79 Å². The SMILES string of the molecule is CCOC(=O)/C=C(/c1ccccc1)[N+](=O)[O-]. The first kappa shape index (κ1) is 11.9. The van der Waals surface area contributed by atoms with Crippen LogP contribution in [-0.2, 0) is 9.53 Å². The Hall–Kier alpha value is -2.17. The number of esters is 1. The average Bonchev–Trinajstić information content (AvgIpc) is 2.27. The smallest absolute Gasteiger partial charge is 0.337 e. The maximum atomic E-state index is 11.1. The molecule has 84 valence electrons. The van der Waals surface area contributed by atoms with Gasteiger partial charge in [-0.2, -0.15) is 0 Å². The molecule has 1 rings (SSSR count). The Morgan fingerprint density at radius 2 is 2.06 bits per heavy atom. The quantitative estimate of drug-likeness (QED) is 0.337. The number of benzene rings is 1. The molecule has 0 aromatic heterocycles. The lowest BCUT2D eigenvalue weighted by atomic mass is 10.1. The summed E-state index contributed by atoms with van der Waals surface area (Å²) < 4.78 is 4.62. The van der Waals surface area contributed by atoms with Crippen LogP contribution in [0.3, 0.4) is 0 Å². The van der Waals surface area contributed by atoms with Gasteiger partial charge in [-0.3, -0.25) is 10.1 Å². The molecule has 0 aliphatic rings. The van der Waals surface area contributed by atoms with Gasteiger partial charge in [0.1, 0.15) is 6.08 Å². The molecule has 0 radical (unpaired) electrons. The fraction of sp³-hybridized carbons (Fsp3) is 0.182. The second kappa shape index (κ2) is 5.65. The van der Waals surface area contributed by atoms with Crippen molar-refractivity contribution in [2.75, 3.05) is 6.61 Å². The average molecular weight is 221 g/mol. The number of rotatable bonds is 4. The van der Waals surface area contributed by atoms with Crippen LogP contribution in [0, 0.1) is 10.1 Å². The molecular weight excluding hydrogens is 210 g/mol. The van der Waals surface area contributed by atoms with Crippen molar-refractivity contribution < 1.29 is 14.5 Å². The molecule has 0 saturated heterocycles. The van der Waals surface area contributed by atoms with Crippen molar-refractivity contribution in [2.45, 2.75) is 6.92 Å². The van der Waals surface area contributed by atoms with E-state index in [4.69, 9.17) is 0 Å². The van der Waals surface area contributed by atoms with Crippen LogP contribution in [0.2, 0.25) is 0 Å². The first-order valence-electron chi connectivity index (χ1n) is 4.73. The molecule has 0 spiro atoms. The minimum Gasteiger partial charge on any atom is -0.463 e. The Morgan fingerprint density at radius 1 is 1.44 bits per heavy atom. The second-order valence-corrected chi connectivity index (χ2v) is 2.90. The lowest BCUT2D eigenvalue weighted by molar-refractivity contribution is -0.375. The minimum atomic E-state index is -0.710. The zero-order valence-electron chi connectivity index (χ0n) is 8.75. The van der Waals surface area contributed by atoms with Gasteiger partial charge < -0.3 is 4.74 Å². The summed E-state index contributed by atoms with van der Waals surface area (Å²) in [6, 6.07) is 8.20. The molecule has 0 unspecified atom stereocenters. The Balaban J connectivity index is 3.01. The van der Waals surface area contributed by atoms with E-state index in [0.717, 1.165) is 6.08 Å². The number of carbonyl (C=O) groups is 1. The molecule has 0 aliphatic carbocycles. The van der Waals surface area contributed by atoms with E-state index < -0.39 is 10.9 Å². The monoisotopic (exact) mass is 221 g/mol. The van der Waals surface area contributed by atoms with Crippen molar-refractivity contribution in [3.63, 3.8) is 0 Å². The maximum Gasteiger partial charge on any atom is 0.337 e. The minimum absolute atomic E-state index is 0.190. The third-order valence-electron chi connectivity index (χ3n) is 1.81. The molecule has 0 atom stereocenters. The molecule has 5 nitrogen and oxygen atoms in total. The number of nitrogens with zero attached hydrogens (tertiary/aromatic N) is 1. The van der Waals surface area contributed by atoms with Gasteiger partial charge >= 0.3 is 5.97 Å². The number of nitro groups is 1. The molecule has 0 fully saturated rings. The van der Waals surface area contributed by atoms with E-state index in [2.05, 4.69) is 4.74 Å². The molecule has 0 amide bonds. The number of ether oxygens (including phenoxy) is 1. The Kier molecular flexibility index (Phi) is 4.20. The summed E-state index contributed by atoms with van der Waals surface area (Å²) in [5.74, 6) is -0.710. The lowest BCUT2D eigenvalue weighted by Crippen LogP contribution is -2.05. The summed E-state index contributed by atoms with van der Waals surface area (Å²) in [4.78, 5) is 21.3. The summed E-state index contributed by atoms with van der Waals surface area (Å²) in [6.45, 7) is 1.83. The standard InChI is InChI=1S/C11H11NO4/c1-2-16-11(13)8-10(12(14)15)9-6-4-3-5-7-9/h3-8H,2H2,1H3/b10-8-. The predicted octanol–water partition coefficient (Wildman–Crippen LogP) is 1.87. The predicted molar refractivity (Wildman–Crippen MR) is 58.0 cm³/mol. The molecule has 0 N–H and O–H groups in total. The van der Waals surface area contributed by atoms with Gasteiger partial charge in [-0.15, -0.1) is 0 Å². The van der Waals surface area contributed by atoms with E-state index in [-0.39, 0.29) is 12.3 Å². The van der Waals surface area contributed by atoms with Crippen LogP contribution in [0.25, 0.3) is 5.70 Å². The maximum absolute atomic E-state index is 11.1. The number of carbonyl (C=O) groups excluding carboxylic acids is 1. The lowest BCUT2D eigenvalue weighted by Gasteiger charge is -1.99. The zero-order valence-corrected chi connectivity index (χ0v) is 8.75. The van der Waals surface area contributed by atoms with Gasteiger partial charge in [0.15, 0.2) is 0 Å². The largest absolute Gasteiger partial charge is 0.463 e. The van der Waals surface area contributed by atoms with Crippen LogP contribution in [0.15, 0.2) is 36.4 Å². The Morgan fingerprint density at radius 3 is 2.56 bits per heavy atom. The van der Waals surface area contributed by atoms with Gasteiger partial charge in [-0.1, -0.05) is 18.2 Å². The normalized spacial score (nSPS) is 10.9. The topological polar surface area (TPSA) is 69.4 Å². The van der Waals surface area contributed by atoms with Gasteiger partial charge in [0, 0.05) is 0 Å². The highest BCUT2D eigenvalue weighted by Gasteiger charge is 2.16. The summed E-state index contributed by atoms with van der Waals surface area (Å²) in [5, 5.41) is 10.8. The molecule has 0 bridgehead atoms. The van der Waals surface area contributed by atoms with Crippen molar-refractivity contribution in [1.82, 2.24) is 0 Å². The van der Waals surface area contributed by atoms with Gasteiger partial charge in [-0.05, 0) is 19.1 Å². The molecule has 5 heteroatoms. The summed E-state index contributed by atoms with van der Waals surface area (Å²) in [6.07, 6.45) is 0.888. The highest BCUT2D eigenvalue weighted by molar-refractivity contribution is 5.89. The molecule has 0 heterocycles. The van der Waals surface area contributed by atoms with Crippen molar-refractivity contribution in [2.24, 2.45) is 0 Å². The van der Waals surface area contributed by atoms with E-state index in [1.54, 1.807) is 37.3 Å². The van der Waals surface area contributed by atoms with Gasteiger partial charge in [0.2, 0.25) is 0 Å². The Bertz CT molecular complexity index is 411. The van der Waals surface area contributed by atoms with Crippen molar-refractivity contribution in [1.29, 1.82) is 0 Å². The van der Waals surface area contributed by atoms with E-state index in [1.165, 1.54) is 0 Å². The molecule has 0 saturated carbocycles. The fourth-order valence-corrected chi connectivity index (χ4v) is 1.15. The van der Waals surface area contributed by atoms with E-state index in [1.807, 2.05) is 0 Å². The number of hydrogen-bond acceptors (Lipinski definition) is 4. The van der Waals surface area contributed by atoms with Crippen LogP contribution in [0.5, 0.6) is 0 Å². The first-order valence-corrected chi connectivity index (χ1v) is 4.73. The van der Waals surface area contributed by atoms with Gasteiger partial charge in [0.05, 0.1) is 17.1 Å². The van der Waals surface area contributed by atoms with Crippen molar-refractivity contribution in [3.05, 3.63) is 52.1 Å². The van der Waals surface area contributed by atoms with Crippen molar-refractivity contribution in [3.8, 4) is 0 Å². The van der Waals surface area contributed by atoms with Gasteiger partial charge in [0.25, 0.3) is 5.70 Å². The molecule has 1 aromatic rings. The highest BCUT2D eigenvalue weighted by Crippen LogP contribution is 2.14. The summed E-state index contributed by atoms with van der Waals surface area (Å²) >= 11 is 0. The van der Waals surface area contributed by atoms with Crippen LogP contribution >= 0.6 is 0 Å². The molecular formula is C11H11NO4. The highest BCUT2D eigenvalue weighted by atomic mass is 16.6. The molecule has 16 heavy (non-hydrogen) atoms. The van der Waals surface area contributed by atoms with Crippen molar-refractivity contribution >= 4 is 11.7 Å². The summed E-state index contributed by atoms with van der Waals surface area (Å²) in [5.41, 5.74) is 0.111. The third kappa shape index (κ3) is 3.20. The van der Waals surface area contributed by atoms with E-state index in [9.17, 15) is 14.9 Å². The van der Waals surface area contributed by atoms with E-state index >= 15 is 0 Å². The first-order chi connectivity index (χ1) is 7.65. The van der Waals surface area contributed by atoms with E-state index in [0.29, 0.717) is 5.56 Å². The van der Waals surface area contributed by atoms with Crippen LogP contribution < -0.4 is 0 Å². The van der Waals surface area contributed by atoms with Crippen LogP contribution in [-0.4, -0.2) is 17.5 Å². The van der Waals surface area contributed by atoms with Crippen LogP contribution in [0.1, 0.15) is 12.5 Å². The molecule has 1 aromatic carbocycles. The fourth-order valence-electron chi connectivity index (χ4n) is 1.15. The second-order valence-electron chi connectivity index (χ2n) is 2.90. The zero-order chi connectivity index (χ0) is 12.0. The number of hydrogen-bond donors (Lipinski definition) is 0. The van der Waals surface area contributed by atoms with Crippen LogP contribution in [0.4, 0.5) is 0 Å². The Labute approximate surface area is 92.5 Å². The molecule has 0 aliphatic heterocycles. The summed E-state index contributed by atoms with van der Waals surface area (Å²) in [7, 11) is 0. The third-order valence-corrected chi connectivity index (χ3v) is 1.81.